The second-order valence-electron chi connectivity index (χ2n) is 4.91. The van der Waals surface area contributed by atoms with Gasteiger partial charge in [-0.15, -0.1) is 0 Å². The maximum absolute atomic E-state index is 4.61. The van der Waals surface area contributed by atoms with Gasteiger partial charge in [-0.05, 0) is 43.4 Å². The van der Waals surface area contributed by atoms with E-state index in [1.165, 1.54) is 24.8 Å². The third-order valence-electron chi connectivity index (χ3n) is 3.31. The first-order chi connectivity index (χ1) is 8.36. The minimum atomic E-state index is 0.809. The fourth-order valence-corrected chi connectivity index (χ4v) is 2.20. The van der Waals surface area contributed by atoms with Crippen LogP contribution in [-0.4, -0.2) is 15.9 Å². The van der Waals surface area contributed by atoms with E-state index in [1.807, 2.05) is 0 Å². The van der Waals surface area contributed by atoms with Gasteiger partial charge in [-0.25, -0.2) is 4.98 Å². The second-order valence-corrected chi connectivity index (χ2v) is 4.91. The fourth-order valence-electron chi connectivity index (χ4n) is 2.20. The molecule has 0 aromatic carbocycles. The summed E-state index contributed by atoms with van der Waals surface area (Å²) >= 11 is 0. The topological polar surface area (TPSA) is 29.3 Å². The Balaban J connectivity index is 1.80. The Hall–Kier alpha value is -1.35. The molecule has 2 aromatic heterocycles. The van der Waals surface area contributed by atoms with Gasteiger partial charge in [0.15, 0.2) is 0 Å². The van der Waals surface area contributed by atoms with Crippen molar-refractivity contribution in [1.82, 2.24) is 14.7 Å². The number of imidazole rings is 1. The van der Waals surface area contributed by atoms with Crippen molar-refractivity contribution >= 4 is 5.65 Å². The molecule has 0 atom stereocenters. The molecule has 0 bridgehead atoms. The van der Waals surface area contributed by atoms with Crippen molar-refractivity contribution in [2.45, 2.75) is 38.6 Å². The quantitative estimate of drug-likeness (QED) is 0.799. The van der Waals surface area contributed by atoms with Crippen LogP contribution in [-0.2, 0) is 6.54 Å². The predicted octanol–water partition coefficient (Wildman–Crippen LogP) is 2.71. The molecule has 90 valence electrons. The third kappa shape index (κ3) is 2.34. The summed E-state index contributed by atoms with van der Waals surface area (Å²) in [6, 6.07) is 4.36. The summed E-state index contributed by atoms with van der Waals surface area (Å²) in [5, 5.41) is 3.39. The van der Waals surface area contributed by atoms with Gasteiger partial charge in [-0.1, -0.05) is 13.0 Å². The lowest BCUT2D eigenvalue weighted by Gasteiger charge is -1.98. The summed E-state index contributed by atoms with van der Waals surface area (Å²) in [7, 11) is 0. The molecule has 17 heavy (non-hydrogen) atoms. The number of rotatable bonds is 5. The highest BCUT2D eigenvalue weighted by atomic mass is 15.0. The lowest BCUT2D eigenvalue weighted by atomic mass is 10.2. The fraction of sp³-hybridized carbons (Fsp3) is 0.500. The van der Waals surface area contributed by atoms with Crippen molar-refractivity contribution in [3.8, 4) is 0 Å². The van der Waals surface area contributed by atoms with Crippen molar-refractivity contribution in [1.29, 1.82) is 0 Å². The lowest BCUT2D eigenvalue weighted by Crippen LogP contribution is -2.13. The van der Waals surface area contributed by atoms with E-state index < -0.39 is 0 Å². The molecule has 1 N–H and O–H groups in total. The Labute approximate surface area is 102 Å². The summed E-state index contributed by atoms with van der Waals surface area (Å²) in [4.78, 5) is 4.61. The number of nitrogens with zero attached hydrogens (tertiary/aromatic N) is 2. The molecule has 3 nitrogen and oxygen atoms in total. The number of fused-ring (bicyclic) bond motifs is 1. The van der Waals surface area contributed by atoms with Crippen LogP contribution in [0.1, 0.15) is 43.4 Å². The minimum Gasteiger partial charge on any atom is -0.311 e. The van der Waals surface area contributed by atoms with Gasteiger partial charge in [0, 0.05) is 18.9 Å². The van der Waals surface area contributed by atoms with E-state index in [9.17, 15) is 0 Å². The zero-order valence-electron chi connectivity index (χ0n) is 10.3. The first-order valence-electron chi connectivity index (χ1n) is 6.55. The van der Waals surface area contributed by atoms with Crippen LogP contribution in [0.5, 0.6) is 0 Å². The monoisotopic (exact) mass is 229 g/mol. The Morgan fingerprint density at radius 3 is 3.00 bits per heavy atom. The zero-order valence-corrected chi connectivity index (χ0v) is 10.3. The van der Waals surface area contributed by atoms with Crippen LogP contribution >= 0.6 is 0 Å². The summed E-state index contributed by atoms with van der Waals surface area (Å²) in [5.41, 5.74) is 3.65. The van der Waals surface area contributed by atoms with Gasteiger partial charge in [0.2, 0.25) is 0 Å². The van der Waals surface area contributed by atoms with Crippen LogP contribution in [0.4, 0.5) is 0 Å². The van der Waals surface area contributed by atoms with Gasteiger partial charge in [-0.3, -0.25) is 0 Å². The molecule has 0 unspecified atom stereocenters. The molecule has 2 heterocycles. The van der Waals surface area contributed by atoms with E-state index >= 15 is 0 Å². The van der Waals surface area contributed by atoms with Gasteiger partial charge in [0.05, 0.1) is 5.69 Å². The van der Waals surface area contributed by atoms with E-state index in [4.69, 9.17) is 0 Å². The van der Waals surface area contributed by atoms with Crippen LogP contribution < -0.4 is 5.32 Å². The van der Waals surface area contributed by atoms with Crippen molar-refractivity contribution in [3.05, 3.63) is 35.8 Å². The SMILES string of the molecule is CCCNCc1cn2cc(C3CC3)ccc2n1. The molecule has 0 radical (unpaired) electrons. The number of hydrogen-bond donors (Lipinski definition) is 1. The van der Waals surface area contributed by atoms with Crippen LogP contribution in [0, 0.1) is 0 Å². The molecule has 2 aromatic rings. The highest BCUT2D eigenvalue weighted by molar-refractivity contribution is 5.42. The van der Waals surface area contributed by atoms with E-state index in [0.29, 0.717) is 0 Å². The smallest absolute Gasteiger partial charge is 0.137 e. The summed E-state index contributed by atoms with van der Waals surface area (Å²) in [5.74, 6) is 0.809. The molecule has 1 aliphatic carbocycles. The van der Waals surface area contributed by atoms with Gasteiger partial charge in [0.25, 0.3) is 0 Å². The molecule has 1 fully saturated rings. The highest BCUT2D eigenvalue weighted by Crippen LogP contribution is 2.39. The molecule has 3 rings (SSSR count). The van der Waals surface area contributed by atoms with Gasteiger partial charge < -0.3 is 9.72 Å². The number of hydrogen-bond acceptors (Lipinski definition) is 2. The first-order valence-corrected chi connectivity index (χ1v) is 6.55. The van der Waals surface area contributed by atoms with Crippen LogP contribution in [0.2, 0.25) is 0 Å². The standard InChI is InChI=1S/C14H19N3/c1-2-7-15-8-13-10-17-9-12(11-3-4-11)5-6-14(17)16-13/h5-6,9-11,15H,2-4,7-8H2,1H3. The second kappa shape index (κ2) is 4.49. The van der Waals surface area contributed by atoms with Gasteiger partial charge in [0.1, 0.15) is 5.65 Å². The average Bonchev–Trinajstić information content (AvgIpc) is 3.10. The van der Waals surface area contributed by atoms with E-state index in [2.05, 4.69) is 46.2 Å². The Morgan fingerprint density at radius 1 is 1.35 bits per heavy atom. The lowest BCUT2D eigenvalue weighted by molar-refractivity contribution is 0.667. The molecule has 0 aliphatic heterocycles. The van der Waals surface area contributed by atoms with Crippen LogP contribution in [0.3, 0.4) is 0 Å². The van der Waals surface area contributed by atoms with Gasteiger partial charge in [-0.2, -0.15) is 0 Å². The van der Waals surface area contributed by atoms with E-state index in [0.717, 1.165) is 30.3 Å². The van der Waals surface area contributed by atoms with Crippen molar-refractivity contribution in [2.75, 3.05) is 6.54 Å². The van der Waals surface area contributed by atoms with Crippen LogP contribution in [0.15, 0.2) is 24.5 Å². The maximum atomic E-state index is 4.61. The number of pyridine rings is 1. The Morgan fingerprint density at radius 2 is 2.24 bits per heavy atom. The molecule has 3 heteroatoms. The predicted molar refractivity (Wildman–Crippen MR) is 69.2 cm³/mol. The molecule has 0 spiro atoms. The normalized spacial score (nSPS) is 15.6. The molecular formula is C14H19N3. The molecule has 1 saturated carbocycles. The Kier molecular flexibility index (Phi) is 2.85. The van der Waals surface area contributed by atoms with E-state index in [-0.39, 0.29) is 0 Å². The van der Waals surface area contributed by atoms with Crippen molar-refractivity contribution < 1.29 is 0 Å². The summed E-state index contributed by atoms with van der Waals surface area (Å²) in [6.45, 7) is 4.11. The molecular weight excluding hydrogens is 210 g/mol. The zero-order chi connectivity index (χ0) is 11.7. The average molecular weight is 229 g/mol. The van der Waals surface area contributed by atoms with Crippen molar-refractivity contribution in [2.24, 2.45) is 0 Å². The molecule has 0 saturated heterocycles. The van der Waals surface area contributed by atoms with E-state index in [1.54, 1.807) is 0 Å². The molecule has 1 aliphatic rings. The molecule has 0 amide bonds. The third-order valence-corrected chi connectivity index (χ3v) is 3.31. The number of nitrogens with one attached hydrogen (secondary N) is 1. The Bertz CT molecular complexity index is 511. The van der Waals surface area contributed by atoms with Crippen LogP contribution in [0.25, 0.3) is 5.65 Å². The van der Waals surface area contributed by atoms with Crippen molar-refractivity contribution in [3.63, 3.8) is 0 Å². The highest BCUT2D eigenvalue weighted by Gasteiger charge is 2.23. The minimum absolute atomic E-state index is 0.809. The van der Waals surface area contributed by atoms with Gasteiger partial charge >= 0.3 is 0 Å². The maximum Gasteiger partial charge on any atom is 0.137 e. The summed E-state index contributed by atoms with van der Waals surface area (Å²) in [6.07, 6.45) is 8.25. The summed E-state index contributed by atoms with van der Waals surface area (Å²) < 4.78 is 2.16. The number of aromatic nitrogens is 2. The largest absolute Gasteiger partial charge is 0.311 e. The first kappa shape index (κ1) is 10.8.